The summed E-state index contributed by atoms with van der Waals surface area (Å²) in [5, 5.41) is 13.8. The van der Waals surface area contributed by atoms with Crippen LogP contribution in [0.2, 0.25) is 0 Å². The van der Waals surface area contributed by atoms with Crippen molar-refractivity contribution < 1.29 is 14.7 Å². The van der Waals surface area contributed by atoms with Crippen LogP contribution in [0.25, 0.3) is 0 Å². The van der Waals surface area contributed by atoms with Gasteiger partial charge >= 0.3 is 12.0 Å². The third-order valence-corrected chi connectivity index (χ3v) is 2.08. The maximum absolute atomic E-state index is 11.3. The van der Waals surface area contributed by atoms with E-state index in [0.29, 0.717) is 19.4 Å². The minimum absolute atomic E-state index is 0.439. The van der Waals surface area contributed by atoms with Crippen molar-refractivity contribution in [2.45, 2.75) is 38.6 Å². The predicted molar refractivity (Wildman–Crippen MR) is 62.3 cm³/mol. The zero-order chi connectivity index (χ0) is 12.4. The van der Waals surface area contributed by atoms with Crippen LogP contribution in [0.3, 0.4) is 0 Å². The second kappa shape index (κ2) is 8.76. The number of carbonyl (C=O) groups excluding carboxylic acids is 1. The van der Waals surface area contributed by atoms with E-state index >= 15 is 0 Å². The molecule has 0 unspecified atom stereocenters. The fourth-order valence-corrected chi connectivity index (χ4v) is 1.16. The molecule has 0 spiro atoms. The van der Waals surface area contributed by atoms with Gasteiger partial charge in [0.1, 0.15) is 6.04 Å². The van der Waals surface area contributed by atoms with E-state index in [0.717, 1.165) is 12.8 Å². The number of unbranched alkanes of at least 4 members (excludes halogenated alkanes) is 1. The summed E-state index contributed by atoms with van der Waals surface area (Å²) < 4.78 is 0. The monoisotopic (exact) mass is 228 g/mol. The molecule has 16 heavy (non-hydrogen) atoms. The molecule has 0 fully saturated rings. The highest BCUT2D eigenvalue weighted by molar-refractivity contribution is 5.82. The number of urea groups is 1. The van der Waals surface area contributed by atoms with Gasteiger partial charge in [-0.1, -0.05) is 25.8 Å². The average Bonchev–Trinajstić information content (AvgIpc) is 2.24. The molecule has 0 radical (unpaired) electrons. The molecule has 0 rings (SSSR count). The zero-order valence-corrected chi connectivity index (χ0v) is 9.66. The van der Waals surface area contributed by atoms with Gasteiger partial charge in [0.15, 0.2) is 0 Å². The summed E-state index contributed by atoms with van der Waals surface area (Å²) in [7, 11) is 0. The highest BCUT2D eigenvalue weighted by Crippen LogP contribution is 2.00. The molecule has 0 aliphatic heterocycles. The summed E-state index contributed by atoms with van der Waals surface area (Å²) in [4.78, 5) is 22.1. The Kier molecular flexibility index (Phi) is 7.93. The summed E-state index contributed by atoms with van der Waals surface area (Å²) in [5.41, 5.74) is 0. The Morgan fingerprint density at radius 2 is 2.19 bits per heavy atom. The van der Waals surface area contributed by atoms with Crippen LogP contribution < -0.4 is 10.6 Å². The van der Waals surface area contributed by atoms with Crippen molar-refractivity contribution >= 4 is 12.0 Å². The van der Waals surface area contributed by atoms with Gasteiger partial charge in [0.25, 0.3) is 0 Å². The van der Waals surface area contributed by atoms with Gasteiger partial charge in [0.2, 0.25) is 0 Å². The normalized spacial score (nSPS) is 11.6. The first-order valence-corrected chi connectivity index (χ1v) is 5.49. The van der Waals surface area contributed by atoms with E-state index < -0.39 is 18.0 Å². The van der Waals surface area contributed by atoms with Crippen LogP contribution in [0.4, 0.5) is 4.79 Å². The van der Waals surface area contributed by atoms with Gasteiger partial charge in [-0.05, 0) is 12.8 Å². The molecule has 5 nitrogen and oxygen atoms in total. The first-order chi connectivity index (χ1) is 7.61. The van der Waals surface area contributed by atoms with Crippen LogP contribution in [0.1, 0.15) is 32.6 Å². The number of hydrogen-bond donors (Lipinski definition) is 3. The number of carbonyl (C=O) groups is 2. The Hall–Kier alpha value is -1.52. The Morgan fingerprint density at radius 3 is 2.69 bits per heavy atom. The van der Waals surface area contributed by atoms with Crippen molar-refractivity contribution in [3.05, 3.63) is 12.7 Å². The van der Waals surface area contributed by atoms with Crippen LogP contribution >= 0.6 is 0 Å². The third kappa shape index (κ3) is 6.86. The molecule has 0 saturated heterocycles. The molecule has 0 aromatic carbocycles. The number of amides is 2. The van der Waals surface area contributed by atoms with Crippen LogP contribution in [-0.2, 0) is 4.79 Å². The summed E-state index contributed by atoms with van der Waals surface area (Å²) >= 11 is 0. The molecule has 3 N–H and O–H groups in total. The summed E-state index contributed by atoms with van der Waals surface area (Å²) in [6.45, 7) is 5.96. The van der Waals surface area contributed by atoms with Crippen LogP contribution in [0.15, 0.2) is 12.7 Å². The van der Waals surface area contributed by atoms with Crippen molar-refractivity contribution in [2.24, 2.45) is 0 Å². The molecular weight excluding hydrogens is 208 g/mol. The Bertz CT molecular complexity index is 241. The smallest absolute Gasteiger partial charge is 0.326 e. The number of carboxylic acids is 1. The SMILES string of the molecule is C=CCCNC(=O)N[C@@H](CCCC)C(=O)O. The lowest BCUT2D eigenvalue weighted by atomic mass is 10.1. The highest BCUT2D eigenvalue weighted by Gasteiger charge is 2.18. The van der Waals surface area contributed by atoms with Crippen LogP contribution in [-0.4, -0.2) is 29.7 Å². The molecule has 0 aromatic heterocycles. The van der Waals surface area contributed by atoms with Crippen molar-refractivity contribution in [3.63, 3.8) is 0 Å². The molecule has 1 atom stereocenters. The first kappa shape index (κ1) is 14.5. The minimum atomic E-state index is -0.993. The molecule has 0 heterocycles. The number of carboxylic acid groups (broad SMARTS) is 1. The molecule has 2 amide bonds. The minimum Gasteiger partial charge on any atom is -0.480 e. The predicted octanol–water partition coefficient (Wildman–Crippen LogP) is 1.51. The topological polar surface area (TPSA) is 78.4 Å². The van der Waals surface area contributed by atoms with Gasteiger partial charge in [-0.15, -0.1) is 6.58 Å². The van der Waals surface area contributed by atoms with E-state index in [4.69, 9.17) is 5.11 Å². The molecule has 0 aromatic rings. The molecule has 5 heteroatoms. The van der Waals surface area contributed by atoms with Crippen molar-refractivity contribution in [3.8, 4) is 0 Å². The maximum Gasteiger partial charge on any atom is 0.326 e. The number of rotatable bonds is 8. The molecule has 0 aliphatic rings. The maximum atomic E-state index is 11.3. The number of nitrogens with one attached hydrogen (secondary N) is 2. The molecule has 0 bridgehead atoms. The van der Waals surface area contributed by atoms with Gasteiger partial charge in [-0.2, -0.15) is 0 Å². The van der Waals surface area contributed by atoms with Gasteiger partial charge in [0.05, 0.1) is 0 Å². The van der Waals surface area contributed by atoms with E-state index in [1.165, 1.54) is 0 Å². The van der Waals surface area contributed by atoms with Crippen molar-refractivity contribution in [1.29, 1.82) is 0 Å². The van der Waals surface area contributed by atoms with Gasteiger partial charge in [-0.3, -0.25) is 0 Å². The standard InChI is InChI=1S/C11H20N2O3/c1-3-5-7-9(10(14)15)13-11(16)12-8-6-4-2/h4,9H,2-3,5-8H2,1H3,(H,14,15)(H2,12,13,16)/t9-/m0/s1. The van der Waals surface area contributed by atoms with Crippen molar-refractivity contribution in [1.82, 2.24) is 10.6 Å². The van der Waals surface area contributed by atoms with Crippen LogP contribution in [0, 0.1) is 0 Å². The Morgan fingerprint density at radius 1 is 1.50 bits per heavy atom. The first-order valence-electron chi connectivity index (χ1n) is 5.49. The zero-order valence-electron chi connectivity index (χ0n) is 9.66. The van der Waals surface area contributed by atoms with Gasteiger partial charge < -0.3 is 15.7 Å². The molecular formula is C11H20N2O3. The van der Waals surface area contributed by atoms with E-state index in [-0.39, 0.29) is 0 Å². The summed E-state index contributed by atoms with van der Waals surface area (Å²) in [5.74, 6) is -0.993. The summed E-state index contributed by atoms with van der Waals surface area (Å²) in [6.07, 6.45) is 4.50. The molecule has 0 aliphatic carbocycles. The average molecular weight is 228 g/mol. The molecule has 0 saturated carbocycles. The third-order valence-electron chi connectivity index (χ3n) is 2.08. The highest BCUT2D eigenvalue weighted by atomic mass is 16.4. The number of hydrogen-bond acceptors (Lipinski definition) is 2. The van der Waals surface area contributed by atoms with E-state index in [1.807, 2.05) is 6.92 Å². The second-order valence-electron chi connectivity index (χ2n) is 3.51. The van der Waals surface area contributed by atoms with E-state index in [9.17, 15) is 9.59 Å². The fourth-order valence-electron chi connectivity index (χ4n) is 1.16. The summed E-state index contributed by atoms with van der Waals surface area (Å²) in [6, 6.07) is -1.24. The number of aliphatic carboxylic acids is 1. The fraction of sp³-hybridized carbons (Fsp3) is 0.636. The quantitative estimate of drug-likeness (QED) is 0.435. The van der Waals surface area contributed by atoms with Crippen LogP contribution in [0.5, 0.6) is 0 Å². The van der Waals surface area contributed by atoms with Gasteiger partial charge in [0, 0.05) is 6.54 Å². The second-order valence-corrected chi connectivity index (χ2v) is 3.51. The Balaban J connectivity index is 3.92. The largest absolute Gasteiger partial charge is 0.480 e. The van der Waals surface area contributed by atoms with Crippen molar-refractivity contribution in [2.75, 3.05) is 6.54 Å². The van der Waals surface area contributed by atoms with E-state index in [2.05, 4.69) is 17.2 Å². The lowest BCUT2D eigenvalue weighted by molar-refractivity contribution is -0.139. The van der Waals surface area contributed by atoms with Gasteiger partial charge in [-0.25, -0.2) is 9.59 Å². The van der Waals surface area contributed by atoms with E-state index in [1.54, 1.807) is 6.08 Å². The lowest BCUT2D eigenvalue weighted by Gasteiger charge is -2.14. The molecule has 92 valence electrons. The lowest BCUT2D eigenvalue weighted by Crippen LogP contribution is -2.46. The Labute approximate surface area is 95.9 Å².